The van der Waals surface area contributed by atoms with Gasteiger partial charge >= 0.3 is 0 Å². The Morgan fingerprint density at radius 1 is 1.26 bits per heavy atom. The SMILES string of the molecule is Cc1c(OCCCCl)ccnc1CSc1nc2ccccc2[nH]1. The van der Waals surface area contributed by atoms with Crippen molar-refractivity contribution in [3.63, 3.8) is 0 Å². The van der Waals surface area contributed by atoms with E-state index in [0.717, 1.165) is 45.4 Å². The number of H-pyrrole nitrogens is 1. The lowest BCUT2D eigenvalue weighted by molar-refractivity contribution is 0.315. The molecular formula is C17H18ClN3OS. The van der Waals surface area contributed by atoms with E-state index in [-0.39, 0.29) is 0 Å². The van der Waals surface area contributed by atoms with Gasteiger partial charge in [-0.2, -0.15) is 0 Å². The zero-order valence-electron chi connectivity index (χ0n) is 12.9. The molecule has 0 fully saturated rings. The number of pyridine rings is 1. The quantitative estimate of drug-likeness (QED) is 0.386. The van der Waals surface area contributed by atoms with Crippen molar-refractivity contribution in [3.05, 3.63) is 47.8 Å². The van der Waals surface area contributed by atoms with Gasteiger partial charge in [-0.05, 0) is 31.5 Å². The Morgan fingerprint density at radius 3 is 2.96 bits per heavy atom. The van der Waals surface area contributed by atoms with Gasteiger partial charge in [0, 0.05) is 23.4 Å². The molecular weight excluding hydrogens is 330 g/mol. The molecule has 0 unspecified atom stereocenters. The Balaban J connectivity index is 1.68. The summed E-state index contributed by atoms with van der Waals surface area (Å²) in [7, 11) is 0. The van der Waals surface area contributed by atoms with Crippen LogP contribution >= 0.6 is 23.4 Å². The number of thioether (sulfide) groups is 1. The second-order valence-electron chi connectivity index (χ2n) is 5.12. The average molecular weight is 348 g/mol. The third kappa shape index (κ3) is 3.98. The molecule has 6 heteroatoms. The van der Waals surface area contributed by atoms with E-state index in [9.17, 15) is 0 Å². The summed E-state index contributed by atoms with van der Waals surface area (Å²) in [5.74, 6) is 2.24. The second-order valence-corrected chi connectivity index (χ2v) is 6.46. The van der Waals surface area contributed by atoms with Crippen molar-refractivity contribution in [2.24, 2.45) is 0 Å². The Kier molecular flexibility index (Phi) is 5.41. The average Bonchev–Trinajstić information content (AvgIpc) is 2.98. The Bertz CT molecular complexity index is 757. The minimum atomic E-state index is 0.610. The molecule has 0 saturated carbocycles. The fraction of sp³-hybridized carbons (Fsp3) is 0.294. The molecule has 0 aliphatic heterocycles. The van der Waals surface area contributed by atoms with Gasteiger partial charge in [-0.15, -0.1) is 11.6 Å². The van der Waals surface area contributed by atoms with Crippen LogP contribution in [0.1, 0.15) is 17.7 Å². The largest absolute Gasteiger partial charge is 0.493 e. The monoisotopic (exact) mass is 347 g/mol. The van der Waals surface area contributed by atoms with Gasteiger partial charge in [-0.25, -0.2) is 4.98 Å². The number of hydrogen-bond acceptors (Lipinski definition) is 4. The van der Waals surface area contributed by atoms with Crippen LogP contribution in [0.3, 0.4) is 0 Å². The van der Waals surface area contributed by atoms with Crippen molar-refractivity contribution >= 4 is 34.4 Å². The number of benzene rings is 1. The van der Waals surface area contributed by atoms with E-state index in [4.69, 9.17) is 16.3 Å². The highest BCUT2D eigenvalue weighted by atomic mass is 35.5. The number of para-hydroxylation sites is 2. The van der Waals surface area contributed by atoms with Crippen LogP contribution in [0.15, 0.2) is 41.7 Å². The van der Waals surface area contributed by atoms with Crippen molar-refractivity contribution in [1.29, 1.82) is 0 Å². The summed E-state index contributed by atoms with van der Waals surface area (Å²) in [4.78, 5) is 12.4. The molecule has 0 saturated heterocycles. The number of rotatable bonds is 7. The summed E-state index contributed by atoms with van der Waals surface area (Å²) in [6, 6.07) is 9.93. The van der Waals surface area contributed by atoms with Gasteiger partial charge in [-0.1, -0.05) is 23.9 Å². The van der Waals surface area contributed by atoms with Gasteiger partial charge in [0.25, 0.3) is 0 Å². The zero-order chi connectivity index (χ0) is 16.1. The molecule has 0 radical (unpaired) electrons. The van der Waals surface area contributed by atoms with Crippen LogP contribution in [0.25, 0.3) is 11.0 Å². The van der Waals surface area contributed by atoms with Crippen LogP contribution in [0, 0.1) is 6.92 Å². The van der Waals surface area contributed by atoms with Crippen molar-refractivity contribution < 1.29 is 4.74 Å². The smallest absolute Gasteiger partial charge is 0.166 e. The normalized spacial score (nSPS) is 11.0. The molecule has 2 aromatic heterocycles. The summed E-state index contributed by atoms with van der Waals surface area (Å²) in [5.41, 5.74) is 4.13. The van der Waals surface area contributed by atoms with Gasteiger partial charge in [0.15, 0.2) is 5.16 Å². The van der Waals surface area contributed by atoms with Crippen LogP contribution in [-0.2, 0) is 5.75 Å². The molecule has 0 amide bonds. The number of nitrogens with one attached hydrogen (secondary N) is 1. The molecule has 23 heavy (non-hydrogen) atoms. The van der Waals surface area contributed by atoms with Gasteiger partial charge < -0.3 is 9.72 Å². The van der Waals surface area contributed by atoms with Gasteiger partial charge in [0.2, 0.25) is 0 Å². The fourth-order valence-corrected chi connectivity index (χ4v) is 3.25. The molecule has 4 nitrogen and oxygen atoms in total. The molecule has 1 N–H and O–H groups in total. The first-order chi connectivity index (χ1) is 11.3. The van der Waals surface area contributed by atoms with Gasteiger partial charge in [0.1, 0.15) is 5.75 Å². The predicted molar refractivity (Wildman–Crippen MR) is 95.5 cm³/mol. The van der Waals surface area contributed by atoms with E-state index in [2.05, 4.69) is 15.0 Å². The maximum atomic E-state index is 5.76. The van der Waals surface area contributed by atoms with E-state index >= 15 is 0 Å². The number of hydrogen-bond donors (Lipinski definition) is 1. The minimum absolute atomic E-state index is 0.610. The number of aromatic amines is 1. The molecule has 3 aromatic rings. The number of fused-ring (bicyclic) bond motifs is 1. The molecule has 0 aliphatic rings. The summed E-state index contributed by atoms with van der Waals surface area (Å²) in [6.45, 7) is 2.67. The number of imidazole rings is 1. The van der Waals surface area contributed by atoms with E-state index < -0.39 is 0 Å². The number of aromatic nitrogens is 3. The third-order valence-electron chi connectivity index (χ3n) is 3.51. The second kappa shape index (κ2) is 7.70. The van der Waals surface area contributed by atoms with E-state index in [0.29, 0.717) is 12.5 Å². The van der Waals surface area contributed by atoms with Crippen LogP contribution in [0.4, 0.5) is 0 Å². The lowest BCUT2D eigenvalue weighted by Gasteiger charge is -2.11. The highest BCUT2D eigenvalue weighted by Crippen LogP contribution is 2.27. The fourth-order valence-electron chi connectivity index (χ4n) is 2.23. The Hall–Kier alpha value is -1.72. The Morgan fingerprint density at radius 2 is 2.13 bits per heavy atom. The zero-order valence-corrected chi connectivity index (χ0v) is 14.5. The lowest BCUT2D eigenvalue weighted by atomic mass is 10.2. The molecule has 1 aromatic carbocycles. The first kappa shape index (κ1) is 16.1. The maximum Gasteiger partial charge on any atom is 0.166 e. The van der Waals surface area contributed by atoms with Crippen molar-refractivity contribution in [2.45, 2.75) is 24.3 Å². The predicted octanol–water partition coefficient (Wildman–Crippen LogP) is 4.57. The molecule has 0 spiro atoms. The highest BCUT2D eigenvalue weighted by molar-refractivity contribution is 7.98. The van der Waals surface area contributed by atoms with Crippen molar-refractivity contribution in [2.75, 3.05) is 12.5 Å². The van der Waals surface area contributed by atoms with E-state index in [1.165, 1.54) is 0 Å². The number of halogens is 1. The molecule has 0 aliphatic carbocycles. The lowest BCUT2D eigenvalue weighted by Crippen LogP contribution is -2.02. The summed E-state index contributed by atoms with van der Waals surface area (Å²) in [5, 5.41) is 0.904. The molecule has 120 valence electrons. The standard InChI is InChI=1S/C17H18ClN3OS/c1-12-15(19-9-7-16(12)22-10-4-8-18)11-23-17-20-13-5-2-3-6-14(13)21-17/h2-3,5-7,9H,4,8,10-11H2,1H3,(H,20,21). The molecule has 0 atom stereocenters. The third-order valence-corrected chi connectivity index (χ3v) is 4.66. The first-order valence-corrected chi connectivity index (χ1v) is 9.00. The van der Waals surface area contributed by atoms with Crippen LogP contribution < -0.4 is 4.74 Å². The highest BCUT2D eigenvalue weighted by Gasteiger charge is 2.09. The van der Waals surface area contributed by atoms with E-state index in [1.54, 1.807) is 18.0 Å². The number of nitrogens with zero attached hydrogens (tertiary/aromatic N) is 2. The van der Waals surface area contributed by atoms with Gasteiger partial charge in [-0.3, -0.25) is 4.98 Å². The minimum Gasteiger partial charge on any atom is -0.493 e. The summed E-state index contributed by atoms with van der Waals surface area (Å²) >= 11 is 7.33. The topological polar surface area (TPSA) is 50.8 Å². The van der Waals surface area contributed by atoms with Crippen LogP contribution in [-0.4, -0.2) is 27.4 Å². The Labute approximate surface area is 144 Å². The summed E-state index contributed by atoms with van der Waals surface area (Å²) < 4.78 is 5.76. The van der Waals surface area contributed by atoms with Crippen LogP contribution in [0.2, 0.25) is 0 Å². The van der Waals surface area contributed by atoms with Crippen molar-refractivity contribution in [3.8, 4) is 5.75 Å². The number of ether oxygens (including phenoxy) is 1. The van der Waals surface area contributed by atoms with Crippen molar-refractivity contribution in [1.82, 2.24) is 15.0 Å². The molecule has 3 rings (SSSR count). The van der Waals surface area contributed by atoms with Gasteiger partial charge in [0.05, 0.1) is 23.3 Å². The number of alkyl halides is 1. The van der Waals surface area contributed by atoms with Crippen LogP contribution in [0.5, 0.6) is 5.75 Å². The summed E-state index contributed by atoms with van der Waals surface area (Å²) in [6.07, 6.45) is 2.63. The molecule has 0 bridgehead atoms. The first-order valence-electron chi connectivity index (χ1n) is 7.48. The maximum absolute atomic E-state index is 5.76. The molecule has 2 heterocycles. The van der Waals surface area contributed by atoms with E-state index in [1.807, 2.05) is 37.3 Å².